The van der Waals surface area contributed by atoms with Gasteiger partial charge in [0.15, 0.2) is 0 Å². The van der Waals surface area contributed by atoms with Gasteiger partial charge >= 0.3 is 0 Å². The first kappa shape index (κ1) is 17.5. The highest BCUT2D eigenvalue weighted by molar-refractivity contribution is 6.31. The molecule has 0 heterocycles. The number of nitrogens with one attached hydrogen (secondary N) is 1. The van der Waals surface area contributed by atoms with Gasteiger partial charge in [0, 0.05) is 11.1 Å². The number of likely N-dealkylation sites (N-methyl/N-ethyl adjacent to an activating group) is 1. The topological polar surface area (TPSA) is 12.0 Å². The van der Waals surface area contributed by atoms with Crippen LogP contribution in [-0.4, -0.2) is 13.1 Å². The van der Waals surface area contributed by atoms with E-state index in [1.165, 1.54) is 56.9 Å². The summed E-state index contributed by atoms with van der Waals surface area (Å²) in [5.41, 5.74) is 1.26. The van der Waals surface area contributed by atoms with E-state index >= 15 is 0 Å². The van der Waals surface area contributed by atoms with E-state index in [1.54, 1.807) is 0 Å². The Bertz CT molecular complexity index is 351. The second kappa shape index (κ2) is 11.2. The highest BCUT2D eigenvalue weighted by Gasteiger charge is 2.09. The number of hydrogen-bond acceptors (Lipinski definition) is 1. The van der Waals surface area contributed by atoms with Gasteiger partial charge in [-0.2, -0.15) is 0 Å². The Labute approximate surface area is 130 Å². The van der Waals surface area contributed by atoms with E-state index in [-0.39, 0.29) is 0 Å². The lowest BCUT2D eigenvalue weighted by molar-refractivity contribution is 0.478. The molecule has 1 atom stereocenters. The molecule has 1 aromatic rings. The van der Waals surface area contributed by atoms with Crippen molar-refractivity contribution in [3.63, 3.8) is 0 Å². The molecule has 0 bridgehead atoms. The van der Waals surface area contributed by atoms with Gasteiger partial charge in [-0.05, 0) is 31.5 Å². The van der Waals surface area contributed by atoms with Crippen LogP contribution in [0.2, 0.25) is 5.02 Å². The summed E-state index contributed by atoms with van der Waals surface area (Å²) in [4.78, 5) is 0. The third kappa shape index (κ3) is 7.31. The van der Waals surface area contributed by atoms with Crippen LogP contribution in [0, 0.1) is 0 Å². The summed E-state index contributed by atoms with van der Waals surface area (Å²) >= 11 is 6.23. The molecule has 20 heavy (non-hydrogen) atoms. The molecule has 0 fully saturated rings. The fourth-order valence-corrected chi connectivity index (χ4v) is 2.84. The summed E-state index contributed by atoms with van der Waals surface area (Å²) < 4.78 is 0. The molecule has 0 saturated carbocycles. The molecular formula is C18H30ClN. The average molecular weight is 296 g/mol. The van der Waals surface area contributed by atoms with Gasteiger partial charge in [-0.25, -0.2) is 0 Å². The monoisotopic (exact) mass is 295 g/mol. The third-order valence-corrected chi connectivity index (χ3v) is 4.36. The molecule has 1 unspecified atom stereocenters. The third-order valence-electron chi connectivity index (χ3n) is 3.99. The zero-order chi connectivity index (χ0) is 14.6. The number of benzene rings is 1. The van der Waals surface area contributed by atoms with E-state index in [0.717, 1.165) is 11.4 Å². The number of hydrogen-bond donors (Lipinski definition) is 1. The summed E-state index contributed by atoms with van der Waals surface area (Å²) in [6.45, 7) is 2.27. The minimum absolute atomic E-state index is 0.547. The zero-order valence-corrected chi connectivity index (χ0v) is 13.9. The maximum absolute atomic E-state index is 6.23. The van der Waals surface area contributed by atoms with Gasteiger partial charge in [-0.1, -0.05) is 81.7 Å². The van der Waals surface area contributed by atoms with E-state index < -0.39 is 0 Å². The van der Waals surface area contributed by atoms with Crippen molar-refractivity contribution in [2.24, 2.45) is 0 Å². The van der Waals surface area contributed by atoms with Gasteiger partial charge in [0.1, 0.15) is 0 Å². The quantitative estimate of drug-likeness (QED) is 0.523. The first-order valence-electron chi connectivity index (χ1n) is 8.18. The van der Waals surface area contributed by atoms with Crippen molar-refractivity contribution in [1.29, 1.82) is 0 Å². The Hall–Kier alpha value is -0.530. The first-order valence-corrected chi connectivity index (χ1v) is 8.56. The molecule has 0 amide bonds. The maximum atomic E-state index is 6.23. The summed E-state index contributed by atoms with van der Waals surface area (Å²) in [5, 5.41) is 4.33. The van der Waals surface area contributed by atoms with Crippen molar-refractivity contribution in [3.8, 4) is 0 Å². The van der Waals surface area contributed by atoms with Crippen LogP contribution < -0.4 is 5.32 Å². The predicted molar refractivity (Wildman–Crippen MR) is 90.6 cm³/mol. The van der Waals surface area contributed by atoms with E-state index in [9.17, 15) is 0 Å². The molecule has 0 spiro atoms. The van der Waals surface area contributed by atoms with Crippen molar-refractivity contribution >= 4 is 11.6 Å². The van der Waals surface area contributed by atoms with Gasteiger partial charge in [0.05, 0.1) is 0 Å². The van der Waals surface area contributed by atoms with Gasteiger partial charge in [-0.3, -0.25) is 0 Å². The Morgan fingerprint density at radius 2 is 1.65 bits per heavy atom. The molecule has 1 rings (SSSR count). The smallest absolute Gasteiger partial charge is 0.0438 e. The summed E-state index contributed by atoms with van der Waals surface area (Å²) in [7, 11) is 2.06. The van der Waals surface area contributed by atoms with Crippen molar-refractivity contribution < 1.29 is 0 Å². The molecule has 1 N–H and O–H groups in total. The summed E-state index contributed by atoms with van der Waals surface area (Å²) in [5.74, 6) is 0. The predicted octanol–water partition coefficient (Wildman–Crippen LogP) is 5.61. The van der Waals surface area contributed by atoms with Crippen LogP contribution in [0.1, 0.15) is 63.9 Å². The highest BCUT2D eigenvalue weighted by atomic mass is 35.5. The van der Waals surface area contributed by atoms with Crippen LogP contribution in [0.25, 0.3) is 0 Å². The minimum atomic E-state index is 0.547. The fourth-order valence-electron chi connectivity index (χ4n) is 2.63. The Morgan fingerprint density at radius 3 is 2.30 bits per heavy atom. The summed E-state index contributed by atoms with van der Waals surface area (Å²) in [6, 6.07) is 8.73. The van der Waals surface area contributed by atoms with Crippen molar-refractivity contribution in [2.75, 3.05) is 7.05 Å². The molecule has 0 aliphatic rings. The lowest BCUT2D eigenvalue weighted by atomic mass is 9.99. The molecule has 0 aromatic heterocycles. The highest BCUT2D eigenvalue weighted by Crippen LogP contribution is 2.18. The molecule has 1 aromatic carbocycles. The fraction of sp³-hybridized carbons (Fsp3) is 0.667. The van der Waals surface area contributed by atoms with Crippen molar-refractivity contribution in [1.82, 2.24) is 5.32 Å². The van der Waals surface area contributed by atoms with Gasteiger partial charge < -0.3 is 5.32 Å². The van der Waals surface area contributed by atoms with Crippen LogP contribution in [0.4, 0.5) is 0 Å². The zero-order valence-electron chi connectivity index (χ0n) is 13.1. The molecular weight excluding hydrogens is 266 g/mol. The average Bonchev–Trinajstić information content (AvgIpc) is 2.47. The Balaban J connectivity index is 2.18. The van der Waals surface area contributed by atoms with Crippen LogP contribution in [0.15, 0.2) is 24.3 Å². The molecule has 0 aliphatic carbocycles. The van der Waals surface area contributed by atoms with E-state index in [1.807, 2.05) is 12.1 Å². The largest absolute Gasteiger partial charge is 0.317 e. The van der Waals surface area contributed by atoms with Crippen LogP contribution in [-0.2, 0) is 6.42 Å². The number of halogens is 1. The van der Waals surface area contributed by atoms with Gasteiger partial charge in [-0.15, -0.1) is 0 Å². The van der Waals surface area contributed by atoms with Crippen LogP contribution in [0.5, 0.6) is 0 Å². The molecule has 2 heteroatoms. The lowest BCUT2D eigenvalue weighted by Gasteiger charge is -2.17. The number of unbranched alkanes of at least 4 members (excludes halogenated alkanes) is 6. The SMILES string of the molecule is CCCCCCCCCC(Cc1ccccc1Cl)NC. The molecule has 0 radical (unpaired) electrons. The minimum Gasteiger partial charge on any atom is -0.317 e. The van der Waals surface area contributed by atoms with E-state index in [2.05, 4.69) is 31.4 Å². The maximum Gasteiger partial charge on any atom is 0.0438 e. The van der Waals surface area contributed by atoms with Crippen molar-refractivity contribution in [3.05, 3.63) is 34.9 Å². The van der Waals surface area contributed by atoms with Gasteiger partial charge in [0.25, 0.3) is 0 Å². The number of rotatable bonds is 11. The van der Waals surface area contributed by atoms with E-state index in [4.69, 9.17) is 11.6 Å². The van der Waals surface area contributed by atoms with Gasteiger partial charge in [0.2, 0.25) is 0 Å². The van der Waals surface area contributed by atoms with E-state index in [0.29, 0.717) is 6.04 Å². The second-order valence-electron chi connectivity index (χ2n) is 5.69. The molecule has 114 valence electrons. The summed E-state index contributed by atoms with van der Waals surface area (Å²) in [6.07, 6.45) is 11.9. The molecule has 1 nitrogen and oxygen atoms in total. The lowest BCUT2D eigenvalue weighted by Crippen LogP contribution is -2.27. The molecule has 0 saturated heterocycles. The Morgan fingerprint density at radius 1 is 1.00 bits per heavy atom. The van der Waals surface area contributed by atoms with Crippen LogP contribution in [0.3, 0.4) is 0 Å². The van der Waals surface area contributed by atoms with Crippen molar-refractivity contribution in [2.45, 2.75) is 70.8 Å². The normalized spacial score (nSPS) is 12.6. The van der Waals surface area contributed by atoms with Crippen LogP contribution >= 0.6 is 11.6 Å². The first-order chi connectivity index (χ1) is 9.77. The standard InChI is InChI=1S/C18H30ClN/c1-3-4-5-6-7-8-9-13-17(20-2)15-16-12-10-11-14-18(16)19/h10-12,14,17,20H,3-9,13,15H2,1-2H3. The second-order valence-corrected chi connectivity index (χ2v) is 6.10. The molecule has 0 aliphatic heterocycles. The Kier molecular flexibility index (Phi) is 9.78.